The quantitative estimate of drug-likeness (QED) is 0.518. The second-order valence-corrected chi connectivity index (χ2v) is 8.09. The summed E-state index contributed by atoms with van der Waals surface area (Å²) in [7, 11) is 0. The summed E-state index contributed by atoms with van der Waals surface area (Å²) >= 11 is 0. The van der Waals surface area contributed by atoms with Crippen molar-refractivity contribution in [3.63, 3.8) is 0 Å². The maximum atomic E-state index is 4.94. The van der Waals surface area contributed by atoms with Crippen molar-refractivity contribution in [2.45, 2.75) is 91.8 Å². The van der Waals surface area contributed by atoms with Crippen molar-refractivity contribution in [2.75, 3.05) is 0 Å². The lowest BCUT2D eigenvalue weighted by Crippen LogP contribution is -2.30. The van der Waals surface area contributed by atoms with Gasteiger partial charge < -0.3 is 4.48 Å². The van der Waals surface area contributed by atoms with Crippen LogP contribution in [0.3, 0.4) is 0 Å². The summed E-state index contributed by atoms with van der Waals surface area (Å²) in [6.07, 6.45) is 12.4. The third kappa shape index (κ3) is 4.75. The van der Waals surface area contributed by atoms with Gasteiger partial charge in [-0.1, -0.05) is 66.0 Å². The molecule has 1 aliphatic rings. The topological polar surface area (TPSA) is 17.3 Å². The molecular weight excluding hydrogens is 279 g/mol. The summed E-state index contributed by atoms with van der Waals surface area (Å²) in [4.78, 5) is 4.94. The van der Waals surface area contributed by atoms with Crippen LogP contribution in [0.25, 0.3) is 0 Å². The van der Waals surface area contributed by atoms with E-state index in [0.717, 1.165) is 12.8 Å². The maximum Gasteiger partial charge on any atom is 0.259 e. The highest BCUT2D eigenvalue weighted by Gasteiger charge is 2.35. The number of unbranched alkanes of at least 4 members (excludes halogenated alkanes) is 2. The van der Waals surface area contributed by atoms with Gasteiger partial charge in [0.15, 0.2) is 0 Å². The fourth-order valence-electron chi connectivity index (χ4n) is 4.04. The van der Waals surface area contributed by atoms with E-state index in [2.05, 4.69) is 57.4 Å². The molecule has 0 aliphatic carbocycles. The number of hydrogen-bond donors (Lipinski definition) is 0. The first-order valence-electron chi connectivity index (χ1n) is 9.67. The summed E-state index contributed by atoms with van der Waals surface area (Å²) in [6.45, 7) is 12.2. The molecule has 0 saturated heterocycles. The van der Waals surface area contributed by atoms with Gasteiger partial charge in [0.25, 0.3) is 6.85 Å². The van der Waals surface area contributed by atoms with Crippen LogP contribution in [-0.2, 0) is 6.42 Å². The van der Waals surface area contributed by atoms with Crippen LogP contribution in [0.5, 0.6) is 0 Å². The lowest BCUT2D eigenvalue weighted by atomic mass is 9.54. The molecule has 0 spiro atoms. The van der Waals surface area contributed by atoms with E-state index in [4.69, 9.17) is 4.99 Å². The predicted octanol–water partition coefficient (Wildman–Crippen LogP) is 5.73. The summed E-state index contributed by atoms with van der Waals surface area (Å²) in [5, 5.41) is 0. The summed E-state index contributed by atoms with van der Waals surface area (Å²) in [5.74, 6) is 0. The lowest BCUT2D eigenvalue weighted by Gasteiger charge is -2.27. The minimum atomic E-state index is 0.307. The molecule has 1 aromatic heterocycles. The number of aliphatic imine (C=N–C) groups is 1. The SMILES string of the molecule is CCCCB(CCCC)n1cccc1CC1N=C(C)CC1(C)C. The van der Waals surface area contributed by atoms with Crippen molar-refractivity contribution in [1.82, 2.24) is 4.48 Å². The highest BCUT2D eigenvalue weighted by atomic mass is 14.9. The van der Waals surface area contributed by atoms with E-state index in [1.807, 2.05) is 0 Å². The average Bonchev–Trinajstić information content (AvgIpc) is 3.04. The number of nitrogens with zero attached hydrogens (tertiary/aromatic N) is 2. The third-order valence-electron chi connectivity index (χ3n) is 5.43. The highest BCUT2D eigenvalue weighted by Crippen LogP contribution is 2.36. The first-order chi connectivity index (χ1) is 11.0. The smallest absolute Gasteiger partial charge is 0.259 e. The van der Waals surface area contributed by atoms with Gasteiger partial charge in [0, 0.05) is 17.8 Å². The second-order valence-electron chi connectivity index (χ2n) is 8.09. The van der Waals surface area contributed by atoms with E-state index in [-0.39, 0.29) is 0 Å². The highest BCUT2D eigenvalue weighted by molar-refractivity contribution is 6.57. The molecule has 128 valence electrons. The van der Waals surface area contributed by atoms with E-state index in [1.54, 1.807) is 0 Å². The number of rotatable bonds is 9. The van der Waals surface area contributed by atoms with Crippen LogP contribution >= 0.6 is 0 Å². The average molecular weight is 314 g/mol. The molecule has 0 radical (unpaired) electrons. The van der Waals surface area contributed by atoms with Gasteiger partial charge in [-0.25, -0.2) is 0 Å². The van der Waals surface area contributed by atoms with Gasteiger partial charge in [-0.3, -0.25) is 4.99 Å². The third-order valence-corrected chi connectivity index (χ3v) is 5.43. The Morgan fingerprint density at radius 3 is 2.39 bits per heavy atom. The van der Waals surface area contributed by atoms with Gasteiger partial charge in [-0.2, -0.15) is 0 Å². The summed E-state index contributed by atoms with van der Waals surface area (Å²) in [6, 6.07) is 5.00. The number of aromatic nitrogens is 1. The van der Waals surface area contributed by atoms with Gasteiger partial charge in [0.1, 0.15) is 0 Å². The standard InChI is InChI=1S/C20H35BN2/c1-6-8-12-21(13-9-7-2)23-14-10-11-18(23)15-19-20(4,5)16-17(3)22-19/h10-11,14,19H,6-9,12-13,15-16H2,1-5H3. The monoisotopic (exact) mass is 314 g/mol. The van der Waals surface area contributed by atoms with E-state index >= 15 is 0 Å². The Balaban J connectivity index is 2.13. The van der Waals surface area contributed by atoms with Gasteiger partial charge in [-0.15, -0.1) is 0 Å². The molecule has 1 aromatic rings. The summed E-state index contributed by atoms with van der Waals surface area (Å²) in [5.41, 5.74) is 3.12. The van der Waals surface area contributed by atoms with Gasteiger partial charge in [0.05, 0.1) is 6.04 Å². The molecule has 23 heavy (non-hydrogen) atoms. The Kier molecular flexibility index (Phi) is 6.55. The van der Waals surface area contributed by atoms with Crippen molar-refractivity contribution in [3.8, 4) is 0 Å². The van der Waals surface area contributed by atoms with E-state index < -0.39 is 0 Å². The zero-order valence-electron chi connectivity index (χ0n) is 15.9. The van der Waals surface area contributed by atoms with Crippen molar-refractivity contribution >= 4 is 12.6 Å². The normalized spacial score (nSPS) is 19.9. The molecule has 0 fully saturated rings. The molecule has 0 N–H and O–H groups in total. The zero-order valence-corrected chi connectivity index (χ0v) is 15.9. The van der Waals surface area contributed by atoms with E-state index in [0.29, 0.717) is 18.3 Å². The molecule has 3 heteroatoms. The van der Waals surface area contributed by atoms with Gasteiger partial charge >= 0.3 is 0 Å². The van der Waals surface area contributed by atoms with Crippen LogP contribution in [0.1, 0.15) is 72.4 Å². The van der Waals surface area contributed by atoms with Crippen LogP contribution in [-0.4, -0.2) is 23.1 Å². The molecule has 1 unspecified atom stereocenters. The fourth-order valence-corrected chi connectivity index (χ4v) is 4.04. The molecule has 1 atom stereocenters. The Bertz CT molecular complexity index is 507. The summed E-state index contributed by atoms with van der Waals surface area (Å²) < 4.78 is 2.57. The van der Waals surface area contributed by atoms with E-state index in [9.17, 15) is 0 Å². The van der Waals surface area contributed by atoms with Crippen LogP contribution in [0.4, 0.5) is 0 Å². The van der Waals surface area contributed by atoms with Crippen LogP contribution in [0.15, 0.2) is 23.3 Å². The maximum absolute atomic E-state index is 4.94. The molecule has 2 nitrogen and oxygen atoms in total. The van der Waals surface area contributed by atoms with Crippen LogP contribution in [0.2, 0.25) is 12.6 Å². The first kappa shape index (κ1) is 18.4. The Morgan fingerprint density at radius 1 is 1.22 bits per heavy atom. The molecule has 0 bridgehead atoms. The molecular formula is C20H35BN2. The first-order valence-corrected chi connectivity index (χ1v) is 9.67. The molecule has 0 aromatic carbocycles. The van der Waals surface area contributed by atoms with Crippen molar-refractivity contribution < 1.29 is 0 Å². The minimum absolute atomic E-state index is 0.307. The molecule has 1 aliphatic heterocycles. The molecule has 2 rings (SSSR count). The Hall–Kier alpha value is -0.985. The van der Waals surface area contributed by atoms with Gasteiger partial charge in [0.2, 0.25) is 0 Å². The largest absolute Gasteiger partial charge is 0.395 e. The second kappa shape index (κ2) is 8.21. The van der Waals surface area contributed by atoms with Crippen molar-refractivity contribution in [1.29, 1.82) is 0 Å². The van der Waals surface area contributed by atoms with E-state index in [1.165, 1.54) is 49.7 Å². The Morgan fingerprint density at radius 2 is 1.87 bits per heavy atom. The van der Waals surface area contributed by atoms with Gasteiger partial charge in [-0.05, 0) is 37.1 Å². The Labute approximate surface area is 143 Å². The zero-order chi connectivity index (χ0) is 16.9. The van der Waals surface area contributed by atoms with Crippen molar-refractivity contribution in [2.24, 2.45) is 10.4 Å². The minimum Gasteiger partial charge on any atom is -0.395 e. The van der Waals surface area contributed by atoms with Crippen LogP contribution < -0.4 is 0 Å². The fraction of sp³-hybridized carbons (Fsp3) is 0.750. The molecule has 0 amide bonds. The van der Waals surface area contributed by atoms with Crippen molar-refractivity contribution in [3.05, 3.63) is 24.0 Å². The molecule has 2 heterocycles. The predicted molar refractivity (Wildman–Crippen MR) is 104 cm³/mol. The number of hydrogen-bond acceptors (Lipinski definition) is 1. The molecule has 0 saturated carbocycles. The lowest BCUT2D eigenvalue weighted by molar-refractivity contribution is 0.320. The van der Waals surface area contributed by atoms with Crippen LogP contribution in [0, 0.1) is 5.41 Å².